The molecule has 0 bridgehead atoms. The van der Waals surface area contributed by atoms with Gasteiger partial charge in [-0.25, -0.2) is 0 Å². The van der Waals surface area contributed by atoms with Crippen molar-refractivity contribution in [3.63, 3.8) is 0 Å². The van der Waals surface area contributed by atoms with E-state index >= 15 is 0 Å². The van der Waals surface area contributed by atoms with E-state index in [9.17, 15) is 18.0 Å². The molecule has 2 N–H and O–H groups in total. The molecule has 1 aromatic carbocycles. The van der Waals surface area contributed by atoms with Crippen LogP contribution in [0, 0.1) is 5.92 Å². The Hall–Kier alpha value is -1.06. The van der Waals surface area contributed by atoms with Gasteiger partial charge in [-0.15, -0.1) is 24.8 Å². The molecule has 10 heteroatoms. The fourth-order valence-electron chi connectivity index (χ4n) is 4.16. The summed E-state index contributed by atoms with van der Waals surface area (Å²) in [5.41, 5.74) is 0.221. The van der Waals surface area contributed by atoms with Gasteiger partial charge in [-0.2, -0.15) is 13.2 Å². The topological polar surface area (TPSA) is 53.6 Å². The van der Waals surface area contributed by atoms with Gasteiger partial charge < -0.3 is 15.4 Å². The number of nitrogens with zero attached hydrogens (tertiary/aromatic N) is 1. The Balaban J connectivity index is 0.00000225. The number of carbonyl (C=O) groups excluding carboxylic acids is 1. The van der Waals surface area contributed by atoms with Crippen molar-refractivity contribution in [1.82, 2.24) is 15.5 Å². The van der Waals surface area contributed by atoms with Crippen molar-refractivity contribution < 1.29 is 22.7 Å². The standard InChI is InChI=1S/C20H28F3N3O2.2ClH/c1-26-9-2-3-15(12-25-18(27)11-17-13-28-10-8-24-17)19(26)14-4-6-16(7-5-14)20(21,22)23;;/h4-7,15,17,19,24H,2-3,8-13H2,1H3,(H,25,27);2*1H. The smallest absolute Gasteiger partial charge is 0.378 e. The molecule has 2 saturated heterocycles. The van der Waals surface area contributed by atoms with Gasteiger partial charge in [0.1, 0.15) is 0 Å². The Morgan fingerprint density at radius 2 is 1.97 bits per heavy atom. The monoisotopic (exact) mass is 471 g/mol. The molecule has 0 saturated carbocycles. The molecule has 1 amide bonds. The van der Waals surface area contributed by atoms with E-state index < -0.39 is 11.7 Å². The lowest BCUT2D eigenvalue weighted by molar-refractivity contribution is -0.137. The van der Waals surface area contributed by atoms with Gasteiger partial charge in [-0.05, 0) is 50.0 Å². The highest BCUT2D eigenvalue weighted by molar-refractivity contribution is 5.85. The van der Waals surface area contributed by atoms with Gasteiger partial charge in [0.25, 0.3) is 0 Å². The zero-order valence-electron chi connectivity index (χ0n) is 16.9. The minimum Gasteiger partial charge on any atom is -0.378 e. The largest absolute Gasteiger partial charge is 0.416 e. The summed E-state index contributed by atoms with van der Waals surface area (Å²) < 4.78 is 43.9. The third-order valence-corrected chi connectivity index (χ3v) is 5.58. The highest BCUT2D eigenvalue weighted by atomic mass is 35.5. The summed E-state index contributed by atoms with van der Waals surface area (Å²) in [5, 5.41) is 6.28. The minimum atomic E-state index is -4.33. The second-order valence-electron chi connectivity index (χ2n) is 7.68. The van der Waals surface area contributed by atoms with Gasteiger partial charge in [0.2, 0.25) is 5.91 Å². The maximum Gasteiger partial charge on any atom is 0.416 e. The lowest BCUT2D eigenvalue weighted by Crippen LogP contribution is -2.46. The third-order valence-electron chi connectivity index (χ3n) is 5.58. The predicted molar refractivity (Wildman–Crippen MR) is 114 cm³/mol. The molecule has 1 aromatic rings. The molecule has 0 spiro atoms. The summed E-state index contributed by atoms with van der Waals surface area (Å²) in [5.74, 6) is 0.136. The first-order chi connectivity index (χ1) is 13.3. The summed E-state index contributed by atoms with van der Waals surface area (Å²) in [7, 11) is 1.99. The number of carbonyl (C=O) groups is 1. The van der Waals surface area contributed by atoms with Crippen LogP contribution >= 0.6 is 24.8 Å². The Kier molecular flexibility index (Phi) is 10.9. The van der Waals surface area contributed by atoms with Crippen LogP contribution < -0.4 is 10.6 Å². The maximum absolute atomic E-state index is 12.8. The second-order valence-corrected chi connectivity index (χ2v) is 7.68. The third kappa shape index (κ3) is 7.27. The molecule has 5 nitrogen and oxygen atoms in total. The van der Waals surface area contributed by atoms with E-state index in [1.54, 1.807) is 12.1 Å². The summed E-state index contributed by atoms with van der Waals surface area (Å²) in [6, 6.07) is 5.44. The van der Waals surface area contributed by atoms with Crippen molar-refractivity contribution in [2.24, 2.45) is 5.92 Å². The Labute approximate surface area is 187 Å². The molecule has 2 aliphatic heterocycles. The fraction of sp³-hybridized carbons (Fsp3) is 0.650. The number of ether oxygens (including phenoxy) is 1. The van der Waals surface area contributed by atoms with Gasteiger partial charge in [0.15, 0.2) is 0 Å². The van der Waals surface area contributed by atoms with E-state index in [1.165, 1.54) is 0 Å². The number of likely N-dealkylation sites (tertiary alicyclic amines) is 1. The normalized spacial score (nSPS) is 25.0. The van der Waals surface area contributed by atoms with Crippen LogP contribution in [0.2, 0.25) is 0 Å². The number of morpholine rings is 1. The summed E-state index contributed by atoms with van der Waals surface area (Å²) in [4.78, 5) is 14.5. The highest BCUT2D eigenvalue weighted by Gasteiger charge is 2.33. The van der Waals surface area contributed by atoms with Crippen molar-refractivity contribution in [2.75, 3.05) is 39.9 Å². The number of rotatable bonds is 5. The predicted octanol–water partition coefficient (Wildman–Crippen LogP) is 3.43. The van der Waals surface area contributed by atoms with Crippen LogP contribution in [0.5, 0.6) is 0 Å². The second kappa shape index (κ2) is 12.1. The molecule has 0 radical (unpaired) electrons. The van der Waals surface area contributed by atoms with Gasteiger partial charge in [-0.1, -0.05) is 12.1 Å². The Morgan fingerprint density at radius 1 is 1.27 bits per heavy atom. The number of hydrogen-bond donors (Lipinski definition) is 2. The average Bonchev–Trinajstić information content (AvgIpc) is 2.67. The number of piperidine rings is 1. The van der Waals surface area contributed by atoms with E-state index in [0.717, 1.165) is 43.6 Å². The van der Waals surface area contributed by atoms with Gasteiger partial charge in [0, 0.05) is 31.6 Å². The SMILES string of the molecule is CN1CCCC(CNC(=O)CC2COCCN2)C1c1ccc(C(F)(F)F)cc1.Cl.Cl. The zero-order valence-corrected chi connectivity index (χ0v) is 18.5. The first kappa shape index (κ1) is 27.0. The van der Waals surface area contributed by atoms with Crippen molar-refractivity contribution in [3.05, 3.63) is 35.4 Å². The number of hydrogen-bond acceptors (Lipinski definition) is 4. The van der Waals surface area contributed by atoms with Crippen LogP contribution in [-0.4, -0.2) is 56.7 Å². The van der Waals surface area contributed by atoms with Crippen molar-refractivity contribution in [1.29, 1.82) is 0 Å². The van der Waals surface area contributed by atoms with E-state index in [-0.39, 0.29) is 48.7 Å². The average molecular weight is 472 g/mol. The molecule has 0 aromatic heterocycles. The molecule has 2 heterocycles. The Morgan fingerprint density at radius 3 is 2.57 bits per heavy atom. The molecular weight excluding hydrogens is 442 g/mol. The van der Waals surface area contributed by atoms with Crippen LogP contribution in [0.25, 0.3) is 0 Å². The van der Waals surface area contributed by atoms with Crippen molar-refractivity contribution in [2.45, 2.75) is 37.5 Å². The van der Waals surface area contributed by atoms with Crippen molar-refractivity contribution in [3.8, 4) is 0 Å². The number of halogens is 5. The van der Waals surface area contributed by atoms with Gasteiger partial charge >= 0.3 is 6.18 Å². The van der Waals surface area contributed by atoms with Crippen LogP contribution in [0.15, 0.2) is 24.3 Å². The van der Waals surface area contributed by atoms with Crippen molar-refractivity contribution >= 4 is 30.7 Å². The van der Waals surface area contributed by atoms with Crippen LogP contribution in [0.1, 0.15) is 36.4 Å². The van der Waals surface area contributed by atoms with Crippen LogP contribution in [0.4, 0.5) is 13.2 Å². The lowest BCUT2D eigenvalue weighted by atomic mass is 9.84. The molecule has 2 aliphatic rings. The van der Waals surface area contributed by atoms with Gasteiger partial charge in [0.05, 0.1) is 18.8 Å². The quantitative estimate of drug-likeness (QED) is 0.690. The molecule has 3 atom stereocenters. The molecule has 0 aliphatic carbocycles. The van der Waals surface area contributed by atoms with Gasteiger partial charge in [-0.3, -0.25) is 9.69 Å². The molecule has 2 fully saturated rings. The molecule has 3 unspecified atom stereocenters. The molecule has 172 valence electrons. The number of nitrogens with one attached hydrogen (secondary N) is 2. The minimum absolute atomic E-state index is 0. The first-order valence-corrected chi connectivity index (χ1v) is 9.80. The highest BCUT2D eigenvalue weighted by Crippen LogP contribution is 2.36. The number of alkyl halides is 3. The van der Waals surface area contributed by atoms with E-state index in [2.05, 4.69) is 15.5 Å². The number of amides is 1. The molecular formula is C20H30Cl2F3N3O2. The molecule has 30 heavy (non-hydrogen) atoms. The summed E-state index contributed by atoms with van der Waals surface area (Å²) >= 11 is 0. The van der Waals surface area contributed by atoms with E-state index in [4.69, 9.17) is 4.74 Å². The van der Waals surface area contributed by atoms with E-state index in [1.807, 2.05) is 7.05 Å². The molecule has 3 rings (SSSR count). The lowest BCUT2D eigenvalue weighted by Gasteiger charge is -2.40. The number of benzene rings is 1. The van der Waals surface area contributed by atoms with E-state index in [0.29, 0.717) is 26.2 Å². The fourth-order valence-corrected chi connectivity index (χ4v) is 4.16. The maximum atomic E-state index is 12.8. The Bertz CT molecular complexity index is 656. The summed E-state index contributed by atoms with van der Waals surface area (Å²) in [6.07, 6.45) is -2.03. The van der Waals surface area contributed by atoms with Crippen LogP contribution in [0.3, 0.4) is 0 Å². The van der Waals surface area contributed by atoms with Crippen LogP contribution in [-0.2, 0) is 15.7 Å². The zero-order chi connectivity index (χ0) is 20.1. The first-order valence-electron chi connectivity index (χ1n) is 9.80. The summed E-state index contributed by atoms with van der Waals surface area (Å²) in [6.45, 7) is 3.36.